The van der Waals surface area contributed by atoms with E-state index in [2.05, 4.69) is 10.0 Å². The molecule has 30 heavy (non-hydrogen) atoms. The van der Waals surface area contributed by atoms with E-state index >= 15 is 0 Å². The molecule has 0 aliphatic rings. The van der Waals surface area contributed by atoms with Gasteiger partial charge in [0.05, 0.1) is 19.1 Å². The monoisotopic (exact) mass is 452 g/mol. The van der Waals surface area contributed by atoms with Crippen LogP contribution >= 0.6 is 11.8 Å². The summed E-state index contributed by atoms with van der Waals surface area (Å²) >= 11 is 1.56. The van der Waals surface area contributed by atoms with Gasteiger partial charge in [0, 0.05) is 12.6 Å². The quantitative estimate of drug-likeness (QED) is 0.514. The first-order valence-corrected chi connectivity index (χ1v) is 12.3. The third-order valence-corrected chi connectivity index (χ3v) is 6.60. The first-order chi connectivity index (χ1) is 14.4. The number of hydrogen-bond acceptors (Lipinski definition) is 6. The van der Waals surface area contributed by atoms with Crippen molar-refractivity contribution in [1.29, 1.82) is 0 Å². The highest BCUT2D eigenvalue weighted by atomic mass is 32.2. The molecule has 1 atom stereocenters. The maximum Gasteiger partial charge on any atom is 0.241 e. The number of thioether (sulfide) groups is 1. The zero-order valence-electron chi connectivity index (χ0n) is 17.4. The number of ether oxygens (including phenoxy) is 2. The largest absolute Gasteiger partial charge is 0.497 e. The van der Waals surface area contributed by atoms with Gasteiger partial charge < -0.3 is 14.8 Å². The van der Waals surface area contributed by atoms with Gasteiger partial charge >= 0.3 is 0 Å². The van der Waals surface area contributed by atoms with Crippen LogP contribution in [-0.4, -0.2) is 53.1 Å². The summed E-state index contributed by atoms with van der Waals surface area (Å²) in [7, 11) is -0.624. The normalized spacial score (nSPS) is 12.2. The molecule has 2 N–H and O–H groups in total. The third-order valence-electron chi connectivity index (χ3n) is 4.47. The lowest BCUT2D eigenvalue weighted by Gasteiger charge is -2.18. The average molecular weight is 453 g/mol. The van der Waals surface area contributed by atoms with Crippen molar-refractivity contribution in [3.05, 3.63) is 54.1 Å². The first-order valence-electron chi connectivity index (χ1n) is 9.46. The molecule has 0 heterocycles. The van der Waals surface area contributed by atoms with Crippen LogP contribution in [0.3, 0.4) is 0 Å². The van der Waals surface area contributed by atoms with Crippen LogP contribution in [0.5, 0.6) is 11.5 Å². The van der Waals surface area contributed by atoms with E-state index in [4.69, 9.17) is 9.47 Å². The van der Waals surface area contributed by atoms with Crippen LogP contribution in [-0.2, 0) is 21.2 Å². The van der Waals surface area contributed by atoms with Gasteiger partial charge in [0.1, 0.15) is 17.5 Å². The van der Waals surface area contributed by atoms with E-state index in [0.717, 1.165) is 5.56 Å². The summed E-state index contributed by atoms with van der Waals surface area (Å²) in [6, 6.07) is 12.7. The van der Waals surface area contributed by atoms with Crippen LogP contribution < -0.4 is 19.5 Å². The van der Waals surface area contributed by atoms with Crippen molar-refractivity contribution in [3.63, 3.8) is 0 Å². The fraction of sp³-hybridized carbons (Fsp3) is 0.381. The number of rotatable bonds is 12. The second-order valence-corrected chi connectivity index (χ2v) is 9.19. The summed E-state index contributed by atoms with van der Waals surface area (Å²) in [5.74, 6) is 1.66. The van der Waals surface area contributed by atoms with E-state index in [0.29, 0.717) is 36.6 Å². The number of benzene rings is 2. The van der Waals surface area contributed by atoms with Crippen LogP contribution in [0.2, 0.25) is 0 Å². The Bertz CT molecular complexity index is 920. The molecule has 0 spiro atoms. The lowest BCUT2D eigenvalue weighted by Crippen LogP contribution is -2.47. The predicted octanol–water partition coefficient (Wildman–Crippen LogP) is 2.46. The van der Waals surface area contributed by atoms with Crippen molar-refractivity contribution in [2.75, 3.05) is 32.8 Å². The van der Waals surface area contributed by atoms with Gasteiger partial charge in [0.25, 0.3) is 0 Å². The van der Waals surface area contributed by atoms with Gasteiger partial charge in [-0.25, -0.2) is 8.42 Å². The second-order valence-electron chi connectivity index (χ2n) is 6.49. The highest BCUT2D eigenvalue weighted by Gasteiger charge is 2.25. The van der Waals surface area contributed by atoms with Crippen LogP contribution in [0.1, 0.15) is 12.0 Å². The summed E-state index contributed by atoms with van der Waals surface area (Å²) in [5.41, 5.74) is 0.920. The molecule has 1 unspecified atom stereocenters. The van der Waals surface area contributed by atoms with Crippen molar-refractivity contribution in [2.45, 2.75) is 23.8 Å². The minimum Gasteiger partial charge on any atom is -0.497 e. The molecular weight excluding hydrogens is 424 g/mol. The Balaban J connectivity index is 2.02. The third kappa shape index (κ3) is 6.93. The molecule has 0 bridgehead atoms. The Morgan fingerprint density at radius 3 is 2.47 bits per heavy atom. The van der Waals surface area contributed by atoms with Gasteiger partial charge in [-0.3, -0.25) is 4.79 Å². The van der Waals surface area contributed by atoms with Crippen LogP contribution in [0.15, 0.2) is 53.4 Å². The Morgan fingerprint density at radius 2 is 1.83 bits per heavy atom. The van der Waals surface area contributed by atoms with Crippen molar-refractivity contribution in [2.24, 2.45) is 0 Å². The zero-order valence-corrected chi connectivity index (χ0v) is 19.0. The number of hydrogen-bond donors (Lipinski definition) is 2. The molecule has 0 radical (unpaired) electrons. The van der Waals surface area contributed by atoms with Gasteiger partial charge in [-0.1, -0.05) is 24.3 Å². The number of carbonyl (C=O) groups is 1. The van der Waals surface area contributed by atoms with Crippen molar-refractivity contribution < 1.29 is 22.7 Å². The van der Waals surface area contributed by atoms with E-state index in [1.807, 2.05) is 18.4 Å². The molecule has 0 aliphatic heterocycles. The molecular formula is C21H28N2O5S2. The molecule has 0 aromatic heterocycles. The van der Waals surface area contributed by atoms with E-state index in [1.165, 1.54) is 12.1 Å². The molecule has 2 aromatic rings. The SMILES string of the molecule is COc1ccc(CCNC(=O)C(CCSC)NS(=O)(=O)c2ccccc2)c(OC)c1. The van der Waals surface area contributed by atoms with Gasteiger partial charge in [0.2, 0.25) is 15.9 Å². The van der Waals surface area contributed by atoms with Crippen LogP contribution in [0.4, 0.5) is 0 Å². The molecule has 9 heteroatoms. The number of nitrogens with one attached hydrogen (secondary N) is 2. The lowest BCUT2D eigenvalue weighted by atomic mass is 10.1. The summed E-state index contributed by atoms with van der Waals surface area (Å²) in [4.78, 5) is 12.8. The summed E-state index contributed by atoms with van der Waals surface area (Å²) in [6.07, 6.45) is 2.85. The van der Waals surface area contributed by atoms with Crippen LogP contribution in [0.25, 0.3) is 0 Å². The molecule has 2 rings (SSSR count). The minimum atomic E-state index is -3.78. The first kappa shape index (κ1) is 24.0. The van der Waals surface area contributed by atoms with Gasteiger partial charge in [-0.2, -0.15) is 16.5 Å². The Labute approximate surface area is 182 Å². The fourth-order valence-electron chi connectivity index (χ4n) is 2.84. The number of amides is 1. The summed E-state index contributed by atoms with van der Waals surface area (Å²) in [5, 5.41) is 2.83. The maximum absolute atomic E-state index is 12.7. The van der Waals surface area contributed by atoms with E-state index in [-0.39, 0.29) is 10.8 Å². The number of sulfonamides is 1. The average Bonchev–Trinajstić information content (AvgIpc) is 2.77. The summed E-state index contributed by atoms with van der Waals surface area (Å²) < 4.78 is 38.3. The highest BCUT2D eigenvalue weighted by Crippen LogP contribution is 2.24. The molecule has 0 saturated heterocycles. The molecule has 1 amide bonds. The molecule has 0 aliphatic carbocycles. The predicted molar refractivity (Wildman–Crippen MR) is 120 cm³/mol. The lowest BCUT2D eigenvalue weighted by molar-refractivity contribution is -0.122. The Hall–Kier alpha value is -2.23. The number of carbonyl (C=O) groups excluding carboxylic acids is 1. The number of methoxy groups -OCH3 is 2. The molecule has 164 valence electrons. The molecule has 2 aromatic carbocycles. The summed E-state index contributed by atoms with van der Waals surface area (Å²) in [6.45, 7) is 0.352. The Kier molecular flexibility index (Phi) is 9.48. The zero-order chi connectivity index (χ0) is 22.0. The topological polar surface area (TPSA) is 93.7 Å². The highest BCUT2D eigenvalue weighted by molar-refractivity contribution is 7.98. The van der Waals surface area contributed by atoms with Gasteiger partial charge in [-0.15, -0.1) is 0 Å². The van der Waals surface area contributed by atoms with Crippen molar-refractivity contribution in [3.8, 4) is 11.5 Å². The van der Waals surface area contributed by atoms with Crippen molar-refractivity contribution >= 4 is 27.7 Å². The van der Waals surface area contributed by atoms with E-state index in [1.54, 1.807) is 50.2 Å². The molecule has 0 saturated carbocycles. The van der Waals surface area contributed by atoms with Crippen molar-refractivity contribution in [1.82, 2.24) is 10.0 Å². The fourth-order valence-corrected chi connectivity index (χ4v) is 4.56. The van der Waals surface area contributed by atoms with Gasteiger partial charge in [0.15, 0.2) is 0 Å². The second kappa shape index (κ2) is 11.8. The molecule has 7 nitrogen and oxygen atoms in total. The molecule has 0 fully saturated rings. The smallest absolute Gasteiger partial charge is 0.241 e. The van der Waals surface area contributed by atoms with Crippen LogP contribution in [0, 0.1) is 0 Å². The maximum atomic E-state index is 12.7. The van der Waals surface area contributed by atoms with E-state index < -0.39 is 16.1 Å². The van der Waals surface area contributed by atoms with E-state index in [9.17, 15) is 13.2 Å². The standard InChI is InChI=1S/C21H28N2O5S2/c1-27-17-10-9-16(20(15-17)28-2)11-13-22-21(24)19(12-14-29-3)23-30(25,26)18-7-5-4-6-8-18/h4-10,15,19,23H,11-14H2,1-3H3,(H,22,24). The van der Waals surface area contributed by atoms with Gasteiger partial charge in [-0.05, 0) is 48.6 Å². The minimum absolute atomic E-state index is 0.134. The Morgan fingerprint density at radius 1 is 1.10 bits per heavy atom.